The molecular weight excluding hydrogens is 483 g/mol. The topological polar surface area (TPSA) is 121 Å². The number of aromatic amines is 1. The van der Waals surface area contributed by atoms with Gasteiger partial charge in [-0.3, -0.25) is 0 Å². The molecule has 0 atom stereocenters. The first-order valence-corrected chi connectivity index (χ1v) is 11.3. The fourth-order valence-electron chi connectivity index (χ4n) is 2.13. The Kier molecular flexibility index (Phi) is 12.3. The van der Waals surface area contributed by atoms with Crippen molar-refractivity contribution in [3.05, 3.63) is 32.6 Å². The molecule has 0 bridgehead atoms. The second-order valence-electron chi connectivity index (χ2n) is 5.65. The average Bonchev–Trinajstić information content (AvgIpc) is 3.09. The summed E-state index contributed by atoms with van der Waals surface area (Å²) in [6.07, 6.45) is 2.85. The second-order valence-corrected chi connectivity index (χ2v) is 7.95. The zero-order valence-electron chi connectivity index (χ0n) is 17.9. The Labute approximate surface area is 200 Å². The van der Waals surface area contributed by atoms with Gasteiger partial charge >= 0.3 is 0 Å². The van der Waals surface area contributed by atoms with Gasteiger partial charge in [-0.2, -0.15) is 0 Å². The molecule has 3 N–H and O–H groups in total. The number of ether oxygens (including phenoxy) is 3. The highest BCUT2D eigenvalue weighted by atomic mass is 35.5. The minimum absolute atomic E-state index is 0.328. The minimum Gasteiger partial charge on any atom is -0.394 e. The van der Waals surface area contributed by atoms with E-state index < -0.39 is 5.97 Å². The predicted molar refractivity (Wildman–Crippen MR) is 127 cm³/mol. The highest BCUT2D eigenvalue weighted by Crippen LogP contribution is 2.23. The number of halogens is 2. The van der Waals surface area contributed by atoms with Gasteiger partial charge < -0.3 is 24.9 Å². The number of aryl methyl sites for hydroxylation is 1. The first-order chi connectivity index (χ1) is 14.7. The summed E-state index contributed by atoms with van der Waals surface area (Å²) >= 11 is 17.5. The van der Waals surface area contributed by atoms with E-state index in [1.54, 1.807) is 6.92 Å². The summed E-state index contributed by atoms with van der Waals surface area (Å²) < 4.78 is 16.1. The number of aromatic nitrogens is 5. The Morgan fingerprint density at radius 3 is 2.13 bits per heavy atom. The Hall–Kier alpha value is -1.47. The summed E-state index contributed by atoms with van der Waals surface area (Å²) in [5.74, 6) is -0.849. The van der Waals surface area contributed by atoms with Crippen molar-refractivity contribution in [3.8, 4) is 0 Å². The summed E-state index contributed by atoms with van der Waals surface area (Å²) in [7, 11) is 0. The highest BCUT2D eigenvalue weighted by Gasteiger charge is 2.24. The molecule has 0 saturated carbocycles. The predicted octanol–water partition coefficient (Wildman–Crippen LogP) is 5.19. The molecule has 31 heavy (non-hydrogen) atoms. The Morgan fingerprint density at radius 2 is 1.68 bits per heavy atom. The molecule has 0 radical (unpaired) electrons. The third kappa shape index (κ3) is 9.27. The molecule has 0 fully saturated rings. The normalized spacial score (nSPS) is 10.8. The monoisotopic (exact) mass is 508 g/mol. The number of thiazole rings is 1. The highest BCUT2D eigenvalue weighted by molar-refractivity contribution is 7.71. The number of fused-ring (bicyclic) bond motifs is 1. The van der Waals surface area contributed by atoms with Gasteiger partial charge in [0.15, 0.2) is 9.79 Å². The lowest BCUT2D eigenvalue weighted by Crippen LogP contribution is -2.35. The van der Waals surface area contributed by atoms with Crippen molar-refractivity contribution in [2.45, 2.75) is 40.6 Å². The lowest BCUT2D eigenvalue weighted by atomic mass is 10.6. The summed E-state index contributed by atoms with van der Waals surface area (Å²) in [5.41, 5.74) is 6.39. The van der Waals surface area contributed by atoms with Crippen molar-refractivity contribution in [2.24, 2.45) is 0 Å². The van der Waals surface area contributed by atoms with Gasteiger partial charge in [0.05, 0.1) is 11.3 Å². The number of hydrogen-bond donors (Lipinski definition) is 2. The smallest absolute Gasteiger partial charge is 0.279 e. The van der Waals surface area contributed by atoms with Crippen LogP contribution in [0.2, 0.25) is 10.3 Å². The minimum atomic E-state index is -0.849. The van der Waals surface area contributed by atoms with Gasteiger partial charge in [-0.1, -0.05) is 46.8 Å². The van der Waals surface area contributed by atoms with Crippen LogP contribution in [0.4, 0.5) is 5.69 Å². The van der Waals surface area contributed by atoms with Gasteiger partial charge in [-0.05, 0) is 27.7 Å². The number of rotatable bonds is 6. The van der Waals surface area contributed by atoms with E-state index in [0.29, 0.717) is 46.0 Å². The van der Waals surface area contributed by atoms with E-state index in [2.05, 4.69) is 24.9 Å². The molecule has 0 unspecified atom stereocenters. The van der Waals surface area contributed by atoms with E-state index in [1.807, 2.05) is 27.7 Å². The van der Waals surface area contributed by atoms with E-state index in [1.165, 1.54) is 24.0 Å². The van der Waals surface area contributed by atoms with Gasteiger partial charge in [-0.25, -0.2) is 19.9 Å². The number of nitrogens with zero attached hydrogens (tertiary/aromatic N) is 4. The number of anilines is 1. The van der Waals surface area contributed by atoms with Gasteiger partial charge in [0.2, 0.25) is 0 Å². The SMILES string of the molecule is CCOC(C)(OCC)OCC.Cc1nc2c(Cl)ncnc2s1.Nc1c(Cl)[nH]cnc1=S. The number of nitrogens with two attached hydrogens (primary N) is 1. The van der Waals surface area contributed by atoms with Crippen LogP contribution in [0.1, 0.15) is 32.7 Å². The fourth-order valence-corrected chi connectivity index (χ4v) is 3.47. The van der Waals surface area contributed by atoms with Gasteiger partial charge in [0.25, 0.3) is 5.97 Å². The van der Waals surface area contributed by atoms with Crippen molar-refractivity contribution < 1.29 is 14.2 Å². The van der Waals surface area contributed by atoms with E-state index in [4.69, 9.17) is 55.4 Å². The molecule has 0 saturated heterocycles. The third-order valence-electron chi connectivity index (χ3n) is 3.32. The van der Waals surface area contributed by atoms with Crippen molar-refractivity contribution in [1.82, 2.24) is 24.9 Å². The quantitative estimate of drug-likeness (QED) is 0.263. The zero-order chi connectivity index (χ0) is 23.4. The van der Waals surface area contributed by atoms with Gasteiger partial charge in [0.1, 0.15) is 27.5 Å². The first kappa shape index (κ1) is 27.6. The molecule has 0 amide bonds. The van der Waals surface area contributed by atoms with Crippen LogP contribution < -0.4 is 5.73 Å². The molecule has 3 aromatic rings. The number of nitrogen functional groups attached to an aromatic ring is 1. The molecule has 0 spiro atoms. The number of H-pyrrole nitrogens is 1. The molecule has 0 aliphatic heterocycles. The second kappa shape index (κ2) is 13.8. The molecular formula is C18H26Cl2N6O3S2. The van der Waals surface area contributed by atoms with E-state index >= 15 is 0 Å². The maximum atomic E-state index is 5.76. The Bertz CT molecular complexity index is 985. The maximum Gasteiger partial charge on any atom is 0.279 e. The Balaban J connectivity index is 0.000000234. The molecule has 9 nitrogen and oxygen atoms in total. The Morgan fingerprint density at radius 1 is 1.10 bits per heavy atom. The van der Waals surface area contributed by atoms with E-state index in [-0.39, 0.29) is 0 Å². The average molecular weight is 509 g/mol. The van der Waals surface area contributed by atoms with Crippen LogP contribution in [-0.2, 0) is 14.2 Å². The van der Waals surface area contributed by atoms with Crippen LogP contribution in [-0.4, -0.2) is 50.7 Å². The standard InChI is InChI=1S/C8H18O3.C6H4ClN3S.C4H4ClN3S/c1-5-9-8(4,10-6-2)11-7-3;1-3-10-4-5(7)8-2-9-6(4)11-3;5-3-2(6)4(9)8-1-7-3/h5-7H2,1-4H3;2H,1H3;1H,6H2,(H,7,8,9). The lowest BCUT2D eigenvalue weighted by molar-refractivity contribution is -0.365. The summed E-state index contributed by atoms with van der Waals surface area (Å²) in [4.78, 5) is 19.2. The fraction of sp³-hybridized carbons (Fsp3) is 0.500. The van der Waals surface area contributed by atoms with Crippen molar-refractivity contribution in [2.75, 3.05) is 25.6 Å². The van der Waals surface area contributed by atoms with E-state index in [9.17, 15) is 0 Å². The number of hydrogen-bond acceptors (Lipinski definition) is 10. The van der Waals surface area contributed by atoms with Gasteiger partial charge in [-0.15, -0.1) is 0 Å². The van der Waals surface area contributed by atoms with Crippen LogP contribution in [0.25, 0.3) is 10.3 Å². The zero-order valence-corrected chi connectivity index (χ0v) is 21.1. The molecule has 0 aliphatic carbocycles. The molecule has 172 valence electrons. The molecule has 0 aromatic carbocycles. The summed E-state index contributed by atoms with van der Waals surface area (Å²) in [6.45, 7) is 11.2. The largest absolute Gasteiger partial charge is 0.394 e. The van der Waals surface area contributed by atoms with E-state index in [0.717, 1.165) is 9.84 Å². The molecule has 3 aromatic heterocycles. The molecule has 13 heteroatoms. The van der Waals surface area contributed by atoms with Crippen molar-refractivity contribution in [1.29, 1.82) is 0 Å². The lowest BCUT2D eigenvalue weighted by Gasteiger charge is -2.27. The van der Waals surface area contributed by atoms with Crippen molar-refractivity contribution >= 4 is 62.8 Å². The number of nitrogens with one attached hydrogen (secondary N) is 1. The molecule has 3 heterocycles. The van der Waals surface area contributed by atoms with Crippen LogP contribution in [0.3, 0.4) is 0 Å². The molecule has 3 rings (SSSR count). The van der Waals surface area contributed by atoms with Crippen molar-refractivity contribution in [3.63, 3.8) is 0 Å². The van der Waals surface area contributed by atoms with Crippen LogP contribution >= 0.6 is 46.8 Å². The van der Waals surface area contributed by atoms with Crippen LogP contribution in [0.15, 0.2) is 12.7 Å². The van der Waals surface area contributed by atoms with Crippen LogP contribution in [0.5, 0.6) is 0 Å². The summed E-state index contributed by atoms with van der Waals surface area (Å²) in [6, 6.07) is 0. The van der Waals surface area contributed by atoms with Gasteiger partial charge in [0, 0.05) is 26.7 Å². The molecule has 0 aliphatic rings. The maximum absolute atomic E-state index is 5.76. The first-order valence-electron chi connectivity index (χ1n) is 9.31. The summed E-state index contributed by atoms with van der Waals surface area (Å²) in [5, 5.41) is 1.73. The van der Waals surface area contributed by atoms with Crippen LogP contribution in [0, 0.1) is 11.6 Å². The third-order valence-corrected chi connectivity index (χ3v) is 5.11.